The van der Waals surface area contributed by atoms with Crippen LogP contribution in [0.1, 0.15) is 11.3 Å². The molecule has 0 bridgehead atoms. The van der Waals surface area contributed by atoms with Crippen LogP contribution < -0.4 is 11.1 Å². The van der Waals surface area contributed by atoms with Gasteiger partial charge in [0, 0.05) is 6.20 Å². The molecule has 7 nitrogen and oxygen atoms in total. The highest BCUT2D eigenvalue weighted by atomic mass is 16.3. The largest absolute Gasteiger partial charge is 0.504 e. The Morgan fingerprint density at radius 1 is 1.40 bits per heavy atom. The molecular weight excluding hydrogens is 260 g/mol. The van der Waals surface area contributed by atoms with Crippen molar-refractivity contribution >= 4 is 5.91 Å². The van der Waals surface area contributed by atoms with Gasteiger partial charge in [-0.25, -0.2) is 4.98 Å². The molecule has 1 aromatic heterocycles. The summed E-state index contributed by atoms with van der Waals surface area (Å²) in [5, 5.41) is 21.3. The van der Waals surface area contributed by atoms with Crippen molar-refractivity contribution in [1.82, 2.24) is 15.3 Å². The molecule has 0 aliphatic rings. The minimum absolute atomic E-state index is 0.203. The minimum Gasteiger partial charge on any atom is -0.504 e. The Kier molecular flexibility index (Phi) is 4.21. The molecule has 6 N–H and O–H groups in total. The molecule has 0 aliphatic carbocycles. The van der Waals surface area contributed by atoms with E-state index in [2.05, 4.69) is 15.3 Å². The number of aromatic amines is 1. The Morgan fingerprint density at radius 3 is 2.85 bits per heavy atom. The summed E-state index contributed by atoms with van der Waals surface area (Å²) >= 11 is 0. The summed E-state index contributed by atoms with van der Waals surface area (Å²) in [7, 11) is 0. The smallest absolute Gasteiger partial charge is 0.237 e. The van der Waals surface area contributed by atoms with Gasteiger partial charge >= 0.3 is 0 Å². The molecule has 0 saturated heterocycles. The fourth-order valence-corrected chi connectivity index (χ4v) is 1.74. The number of aromatic hydroxyl groups is 2. The van der Waals surface area contributed by atoms with E-state index in [1.165, 1.54) is 18.5 Å². The Bertz CT molecular complexity index is 583. The molecule has 1 heterocycles. The zero-order valence-corrected chi connectivity index (χ0v) is 10.7. The molecule has 0 fully saturated rings. The molecule has 0 spiro atoms. The molecule has 1 amide bonds. The SMILES string of the molecule is N[C@@H](Cc1ccc(O)c(O)c1)C(=O)NCc1cnc[nH]1. The number of imidazole rings is 1. The highest BCUT2D eigenvalue weighted by Crippen LogP contribution is 2.25. The maximum Gasteiger partial charge on any atom is 0.237 e. The molecule has 20 heavy (non-hydrogen) atoms. The van der Waals surface area contributed by atoms with E-state index in [0.29, 0.717) is 12.1 Å². The van der Waals surface area contributed by atoms with Gasteiger partial charge in [0.15, 0.2) is 11.5 Å². The third-order valence-corrected chi connectivity index (χ3v) is 2.84. The van der Waals surface area contributed by atoms with Gasteiger partial charge in [0.2, 0.25) is 5.91 Å². The Labute approximate surface area is 115 Å². The van der Waals surface area contributed by atoms with E-state index in [9.17, 15) is 15.0 Å². The van der Waals surface area contributed by atoms with Gasteiger partial charge < -0.3 is 26.2 Å². The van der Waals surface area contributed by atoms with Crippen molar-refractivity contribution in [3.8, 4) is 11.5 Å². The van der Waals surface area contributed by atoms with Crippen molar-refractivity contribution in [2.24, 2.45) is 5.73 Å². The average Bonchev–Trinajstić information content (AvgIpc) is 2.93. The fraction of sp³-hybridized carbons (Fsp3) is 0.231. The minimum atomic E-state index is -0.734. The lowest BCUT2D eigenvalue weighted by atomic mass is 10.1. The Hall–Kier alpha value is -2.54. The summed E-state index contributed by atoms with van der Waals surface area (Å²) in [6.07, 6.45) is 3.41. The number of benzene rings is 1. The predicted octanol–water partition coefficient (Wildman–Crippen LogP) is 0.00710. The van der Waals surface area contributed by atoms with E-state index in [0.717, 1.165) is 5.69 Å². The van der Waals surface area contributed by atoms with Gasteiger partial charge in [0.1, 0.15) is 0 Å². The maximum absolute atomic E-state index is 11.8. The third-order valence-electron chi connectivity index (χ3n) is 2.84. The van der Waals surface area contributed by atoms with Gasteiger partial charge in [0.25, 0.3) is 0 Å². The lowest BCUT2D eigenvalue weighted by Gasteiger charge is -2.12. The number of H-pyrrole nitrogens is 1. The molecule has 0 aliphatic heterocycles. The normalized spacial score (nSPS) is 12.1. The number of aromatic nitrogens is 2. The standard InChI is InChI=1S/C13H16N4O3/c14-10(3-8-1-2-11(18)12(19)4-8)13(20)16-6-9-5-15-7-17-9/h1-2,4-5,7,10,18-19H,3,6,14H2,(H,15,17)(H,16,20)/t10-/m0/s1. The van der Waals surface area contributed by atoms with Crippen LogP contribution in [0.3, 0.4) is 0 Å². The van der Waals surface area contributed by atoms with Crippen LogP contribution >= 0.6 is 0 Å². The lowest BCUT2D eigenvalue weighted by molar-refractivity contribution is -0.122. The quantitative estimate of drug-likeness (QED) is 0.492. The fourth-order valence-electron chi connectivity index (χ4n) is 1.74. The summed E-state index contributed by atoms with van der Waals surface area (Å²) in [5.74, 6) is -0.731. The number of hydrogen-bond acceptors (Lipinski definition) is 5. The topological polar surface area (TPSA) is 124 Å². The van der Waals surface area contributed by atoms with Gasteiger partial charge in [-0.05, 0) is 24.1 Å². The molecular formula is C13H16N4O3. The highest BCUT2D eigenvalue weighted by Gasteiger charge is 2.14. The molecule has 106 valence electrons. The molecule has 1 atom stereocenters. The average molecular weight is 276 g/mol. The first-order valence-electron chi connectivity index (χ1n) is 6.07. The molecule has 2 rings (SSSR count). The number of carbonyl (C=O) groups excluding carboxylic acids is 1. The summed E-state index contributed by atoms with van der Waals surface area (Å²) in [4.78, 5) is 18.5. The Balaban J connectivity index is 1.88. The number of nitrogens with zero attached hydrogens (tertiary/aromatic N) is 1. The van der Waals surface area contributed by atoms with Gasteiger partial charge in [-0.2, -0.15) is 0 Å². The second kappa shape index (κ2) is 6.07. The number of nitrogens with two attached hydrogens (primary N) is 1. The van der Waals surface area contributed by atoms with Crippen molar-refractivity contribution in [2.45, 2.75) is 19.0 Å². The zero-order valence-electron chi connectivity index (χ0n) is 10.7. The number of nitrogens with one attached hydrogen (secondary N) is 2. The molecule has 0 saturated carbocycles. The van der Waals surface area contributed by atoms with Crippen LogP contribution in [0.15, 0.2) is 30.7 Å². The molecule has 2 aromatic rings. The van der Waals surface area contributed by atoms with Gasteiger partial charge in [-0.3, -0.25) is 4.79 Å². The van der Waals surface area contributed by atoms with Crippen LogP contribution in [0.2, 0.25) is 0 Å². The number of phenolic OH excluding ortho intramolecular Hbond substituents is 2. The monoisotopic (exact) mass is 276 g/mol. The first kappa shape index (κ1) is 13.9. The van der Waals surface area contributed by atoms with Crippen LogP contribution in [0, 0.1) is 0 Å². The van der Waals surface area contributed by atoms with Crippen LogP contribution in [0.4, 0.5) is 0 Å². The number of carbonyl (C=O) groups is 1. The van der Waals surface area contributed by atoms with Crippen molar-refractivity contribution < 1.29 is 15.0 Å². The number of rotatable bonds is 5. The molecule has 7 heteroatoms. The number of amides is 1. The van der Waals surface area contributed by atoms with Crippen LogP contribution in [-0.2, 0) is 17.8 Å². The van der Waals surface area contributed by atoms with E-state index < -0.39 is 6.04 Å². The van der Waals surface area contributed by atoms with E-state index in [-0.39, 0.29) is 23.8 Å². The van der Waals surface area contributed by atoms with Crippen LogP contribution in [0.25, 0.3) is 0 Å². The van der Waals surface area contributed by atoms with E-state index in [1.54, 1.807) is 12.3 Å². The van der Waals surface area contributed by atoms with Crippen LogP contribution in [0.5, 0.6) is 11.5 Å². The molecule has 0 unspecified atom stereocenters. The predicted molar refractivity (Wildman–Crippen MR) is 71.9 cm³/mol. The third kappa shape index (κ3) is 3.48. The van der Waals surface area contributed by atoms with E-state index in [4.69, 9.17) is 5.73 Å². The zero-order chi connectivity index (χ0) is 14.5. The van der Waals surface area contributed by atoms with Gasteiger partial charge in [-0.15, -0.1) is 0 Å². The summed E-state index contributed by atoms with van der Waals surface area (Å²) in [6.45, 7) is 0.327. The summed E-state index contributed by atoms with van der Waals surface area (Å²) in [6, 6.07) is 3.62. The van der Waals surface area contributed by atoms with Crippen LogP contribution in [-0.4, -0.2) is 32.1 Å². The lowest BCUT2D eigenvalue weighted by Crippen LogP contribution is -2.41. The van der Waals surface area contributed by atoms with Gasteiger partial charge in [-0.1, -0.05) is 6.07 Å². The first-order valence-corrected chi connectivity index (χ1v) is 6.07. The Morgan fingerprint density at radius 2 is 2.20 bits per heavy atom. The highest BCUT2D eigenvalue weighted by molar-refractivity contribution is 5.81. The van der Waals surface area contributed by atoms with E-state index in [1.807, 2.05) is 0 Å². The maximum atomic E-state index is 11.8. The van der Waals surface area contributed by atoms with Gasteiger partial charge in [0.05, 0.1) is 24.6 Å². The summed E-state index contributed by atoms with van der Waals surface area (Å²) < 4.78 is 0. The van der Waals surface area contributed by atoms with Crippen molar-refractivity contribution in [3.05, 3.63) is 42.0 Å². The summed E-state index contributed by atoms with van der Waals surface area (Å²) in [5.41, 5.74) is 7.25. The first-order chi connectivity index (χ1) is 9.56. The molecule has 0 radical (unpaired) electrons. The van der Waals surface area contributed by atoms with E-state index >= 15 is 0 Å². The second-order valence-corrected chi connectivity index (χ2v) is 4.43. The number of hydrogen-bond donors (Lipinski definition) is 5. The van der Waals surface area contributed by atoms with Crippen molar-refractivity contribution in [3.63, 3.8) is 0 Å². The molecule has 1 aromatic carbocycles. The second-order valence-electron chi connectivity index (χ2n) is 4.43. The van der Waals surface area contributed by atoms with Crippen molar-refractivity contribution in [1.29, 1.82) is 0 Å². The van der Waals surface area contributed by atoms with Crippen molar-refractivity contribution in [2.75, 3.05) is 0 Å². The number of phenols is 2.